The van der Waals surface area contributed by atoms with E-state index in [4.69, 9.17) is 5.73 Å². The highest BCUT2D eigenvalue weighted by Crippen LogP contribution is 2.19. The fraction of sp³-hybridized carbons (Fsp3) is 0.533. The zero-order valence-electron chi connectivity index (χ0n) is 11.6. The fourth-order valence-corrected chi connectivity index (χ4v) is 2.47. The van der Waals surface area contributed by atoms with Crippen molar-refractivity contribution in [3.63, 3.8) is 0 Å². The summed E-state index contributed by atoms with van der Waals surface area (Å²) in [5.41, 5.74) is 6.06. The molecule has 4 N–H and O–H groups in total. The third kappa shape index (κ3) is 3.14. The van der Waals surface area contributed by atoms with Gasteiger partial charge in [0, 0.05) is 12.1 Å². The average Bonchev–Trinajstić information content (AvgIpc) is 2.42. The van der Waals surface area contributed by atoms with Crippen molar-refractivity contribution < 1.29 is 4.79 Å². The Balaban J connectivity index is 2.06. The molecular weight excluding hydrogens is 238 g/mol. The van der Waals surface area contributed by atoms with Gasteiger partial charge in [0.1, 0.15) is 5.54 Å². The molecule has 19 heavy (non-hydrogen) atoms. The SMILES string of the molecule is CC1NCCCC1NC(=O)C(C)(N)c1ccccc1. The second kappa shape index (κ2) is 5.72. The lowest BCUT2D eigenvalue weighted by molar-refractivity contribution is -0.127. The van der Waals surface area contributed by atoms with Crippen molar-refractivity contribution in [2.24, 2.45) is 5.73 Å². The molecule has 1 saturated heterocycles. The van der Waals surface area contributed by atoms with Gasteiger partial charge in [0.2, 0.25) is 5.91 Å². The van der Waals surface area contributed by atoms with Crippen LogP contribution in [0.5, 0.6) is 0 Å². The van der Waals surface area contributed by atoms with E-state index in [0.717, 1.165) is 24.9 Å². The molecule has 0 bridgehead atoms. The van der Waals surface area contributed by atoms with Gasteiger partial charge in [0.05, 0.1) is 0 Å². The lowest BCUT2D eigenvalue weighted by Crippen LogP contribution is -2.58. The number of benzene rings is 1. The van der Waals surface area contributed by atoms with Crippen molar-refractivity contribution >= 4 is 5.91 Å². The monoisotopic (exact) mass is 261 g/mol. The lowest BCUT2D eigenvalue weighted by Gasteiger charge is -2.34. The summed E-state index contributed by atoms with van der Waals surface area (Å²) < 4.78 is 0. The predicted molar refractivity (Wildman–Crippen MR) is 76.6 cm³/mol. The number of carbonyl (C=O) groups is 1. The molecular formula is C15H23N3O. The molecule has 1 aliphatic rings. The molecule has 1 amide bonds. The third-order valence-corrected chi connectivity index (χ3v) is 3.92. The Morgan fingerprint density at radius 1 is 1.42 bits per heavy atom. The van der Waals surface area contributed by atoms with Gasteiger partial charge in [0.15, 0.2) is 0 Å². The molecule has 0 aromatic heterocycles. The van der Waals surface area contributed by atoms with Gasteiger partial charge in [-0.15, -0.1) is 0 Å². The summed E-state index contributed by atoms with van der Waals surface area (Å²) in [6, 6.07) is 9.96. The predicted octanol–water partition coefficient (Wildman–Crippen LogP) is 1.12. The minimum Gasteiger partial charge on any atom is -0.350 e. The van der Waals surface area contributed by atoms with Crippen LogP contribution in [0.1, 0.15) is 32.3 Å². The van der Waals surface area contributed by atoms with Crippen LogP contribution in [0.25, 0.3) is 0 Å². The highest BCUT2D eigenvalue weighted by Gasteiger charge is 2.33. The minimum absolute atomic E-state index is 0.112. The van der Waals surface area contributed by atoms with E-state index < -0.39 is 5.54 Å². The lowest BCUT2D eigenvalue weighted by atomic mass is 9.91. The summed E-state index contributed by atoms with van der Waals surface area (Å²) in [7, 11) is 0. The Morgan fingerprint density at radius 3 is 2.74 bits per heavy atom. The molecule has 0 saturated carbocycles. The summed E-state index contributed by atoms with van der Waals surface area (Å²) in [6.45, 7) is 4.88. The Hall–Kier alpha value is -1.39. The number of hydrogen-bond donors (Lipinski definition) is 3. The largest absolute Gasteiger partial charge is 0.350 e. The van der Waals surface area contributed by atoms with E-state index in [1.807, 2.05) is 30.3 Å². The van der Waals surface area contributed by atoms with Crippen LogP contribution in [0.15, 0.2) is 30.3 Å². The Bertz CT molecular complexity index is 430. The van der Waals surface area contributed by atoms with E-state index >= 15 is 0 Å². The Labute approximate surface area is 114 Å². The standard InChI is InChI=1S/C15H23N3O/c1-11-13(9-6-10-17-11)18-14(19)15(2,16)12-7-4-3-5-8-12/h3-5,7-8,11,13,17H,6,9-10,16H2,1-2H3,(H,18,19). The van der Waals surface area contributed by atoms with Crippen LogP contribution in [0.4, 0.5) is 0 Å². The molecule has 4 nitrogen and oxygen atoms in total. The van der Waals surface area contributed by atoms with Crippen molar-refractivity contribution in [1.82, 2.24) is 10.6 Å². The molecule has 0 spiro atoms. The first-order valence-electron chi connectivity index (χ1n) is 6.90. The van der Waals surface area contributed by atoms with Crippen molar-refractivity contribution in [2.75, 3.05) is 6.54 Å². The van der Waals surface area contributed by atoms with Gasteiger partial charge in [-0.05, 0) is 38.8 Å². The number of nitrogens with one attached hydrogen (secondary N) is 2. The van der Waals surface area contributed by atoms with Gasteiger partial charge in [0.25, 0.3) is 0 Å². The maximum atomic E-state index is 12.4. The zero-order valence-corrected chi connectivity index (χ0v) is 11.6. The van der Waals surface area contributed by atoms with Crippen LogP contribution in [0.3, 0.4) is 0 Å². The normalized spacial score (nSPS) is 26.5. The molecule has 0 radical (unpaired) electrons. The van der Waals surface area contributed by atoms with Gasteiger partial charge < -0.3 is 16.4 Å². The molecule has 0 aliphatic carbocycles. The molecule has 1 aliphatic heterocycles. The highest BCUT2D eigenvalue weighted by atomic mass is 16.2. The van der Waals surface area contributed by atoms with Gasteiger partial charge in [-0.3, -0.25) is 4.79 Å². The molecule has 4 heteroatoms. The molecule has 1 fully saturated rings. The number of nitrogens with two attached hydrogens (primary N) is 1. The van der Waals surface area contributed by atoms with Gasteiger partial charge >= 0.3 is 0 Å². The van der Waals surface area contributed by atoms with E-state index in [0.29, 0.717) is 6.04 Å². The molecule has 1 heterocycles. The van der Waals surface area contributed by atoms with Crippen molar-refractivity contribution in [2.45, 2.75) is 44.3 Å². The quantitative estimate of drug-likeness (QED) is 0.764. The van der Waals surface area contributed by atoms with E-state index in [9.17, 15) is 4.79 Å². The van der Waals surface area contributed by atoms with Crippen molar-refractivity contribution in [3.8, 4) is 0 Å². The first kappa shape index (κ1) is 14.0. The molecule has 2 rings (SSSR count). The summed E-state index contributed by atoms with van der Waals surface area (Å²) in [6.07, 6.45) is 2.09. The van der Waals surface area contributed by atoms with Gasteiger partial charge in [-0.2, -0.15) is 0 Å². The smallest absolute Gasteiger partial charge is 0.244 e. The first-order chi connectivity index (χ1) is 9.01. The summed E-state index contributed by atoms with van der Waals surface area (Å²) >= 11 is 0. The number of carbonyl (C=O) groups excluding carboxylic acids is 1. The second-order valence-corrected chi connectivity index (χ2v) is 5.53. The molecule has 3 atom stereocenters. The highest BCUT2D eigenvalue weighted by molar-refractivity contribution is 5.87. The minimum atomic E-state index is -0.988. The molecule has 3 unspecified atom stereocenters. The molecule has 1 aromatic carbocycles. The number of amides is 1. The first-order valence-corrected chi connectivity index (χ1v) is 6.90. The van der Waals surface area contributed by atoms with Crippen LogP contribution in [-0.4, -0.2) is 24.5 Å². The van der Waals surface area contributed by atoms with Crippen molar-refractivity contribution in [1.29, 1.82) is 0 Å². The second-order valence-electron chi connectivity index (χ2n) is 5.53. The zero-order chi connectivity index (χ0) is 13.9. The van der Waals surface area contributed by atoms with Gasteiger partial charge in [-0.1, -0.05) is 30.3 Å². The number of rotatable bonds is 3. The third-order valence-electron chi connectivity index (χ3n) is 3.92. The molecule has 104 valence electrons. The van der Waals surface area contributed by atoms with E-state index in [1.54, 1.807) is 6.92 Å². The van der Waals surface area contributed by atoms with Crippen LogP contribution in [-0.2, 0) is 10.3 Å². The average molecular weight is 261 g/mol. The topological polar surface area (TPSA) is 67.1 Å². The van der Waals surface area contributed by atoms with E-state index in [1.165, 1.54) is 0 Å². The van der Waals surface area contributed by atoms with Crippen molar-refractivity contribution in [3.05, 3.63) is 35.9 Å². The Kier molecular flexibility index (Phi) is 4.22. The fourth-order valence-electron chi connectivity index (χ4n) is 2.47. The van der Waals surface area contributed by atoms with Crippen LogP contribution < -0.4 is 16.4 Å². The number of piperidine rings is 1. The maximum Gasteiger partial charge on any atom is 0.244 e. The number of hydrogen-bond acceptors (Lipinski definition) is 3. The summed E-state index contributed by atoms with van der Waals surface area (Å²) in [5, 5.41) is 6.45. The van der Waals surface area contributed by atoms with E-state index in [-0.39, 0.29) is 11.9 Å². The summed E-state index contributed by atoms with van der Waals surface area (Å²) in [5.74, 6) is -0.112. The van der Waals surface area contributed by atoms with E-state index in [2.05, 4.69) is 17.6 Å². The summed E-state index contributed by atoms with van der Waals surface area (Å²) in [4.78, 5) is 12.4. The maximum absolute atomic E-state index is 12.4. The van der Waals surface area contributed by atoms with Crippen LogP contribution in [0, 0.1) is 0 Å². The van der Waals surface area contributed by atoms with Crippen LogP contribution in [0.2, 0.25) is 0 Å². The Morgan fingerprint density at radius 2 is 2.11 bits per heavy atom. The van der Waals surface area contributed by atoms with Crippen LogP contribution >= 0.6 is 0 Å². The molecule has 1 aromatic rings. The van der Waals surface area contributed by atoms with Gasteiger partial charge in [-0.25, -0.2) is 0 Å².